The number of nitrogen functional groups attached to an aromatic ring is 1. The lowest BCUT2D eigenvalue weighted by Gasteiger charge is -2.54. The van der Waals surface area contributed by atoms with Gasteiger partial charge in [0.25, 0.3) is 0 Å². The lowest BCUT2D eigenvalue weighted by Crippen LogP contribution is -2.46. The summed E-state index contributed by atoms with van der Waals surface area (Å²) in [5, 5.41) is 1.94. The largest absolute Gasteiger partial charge is 0.399 e. The summed E-state index contributed by atoms with van der Waals surface area (Å²) < 4.78 is 0. The number of hydrogen-bond donors (Lipinski definition) is 1. The second kappa shape index (κ2) is 4.16. The van der Waals surface area contributed by atoms with Crippen molar-refractivity contribution >= 4 is 17.4 Å². The zero-order valence-corrected chi connectivity index (χ0v) is 11.4. The molecular formula is C15H20N2S. The highest BCUT2D eigenvalue weighted by Gasteiger charge is 2.48. The summed E-state index contributed by atoms with van der Waals surface area (Å²) in [6.07, 6.45) is 9.29. The quantitative estimate of drug-likeness (QED) is 0.883. The number of nitrogens with zero attached hydrogens (tertiary/aromatic N) is 1. The van der Waals surface area contributed by atoms with Crippen molar-refractivity contribution in [2.75, 3.05) is 5.73 Å². The maximum Gasteiger partial charge on any atom is 0.0983 e. The molecule has 2 nitrogen and oxygen atoms in total. The Hall–Kier alpha value is -0.700. The monoisotopic (exact) mass is 260 g/mol. The van der Waals surface area contributed by atoms with E-state index in [-0.39, 0.29) is 0 Å². The van der Waals surface area contributed by atoms with E-state index in [0.717, 1.165) is 39.6 Å². The van der Waals surface area contributed by atoms with Crippen LogP contribution in [0.2, 0.25) is 0 Å². The molecule has 4 aliphatic carbocycles. The SMILES string of the molecule is Nc1ccnc(SC2C3CC4CC(C3)CC2C4)c1. The number of rotatable bonds is 2. The maximum absolute atomic E-state index is 5.86. The minimum Gasteiger partial charge on any atom is -0.399 e. The molecule has 0 radical (unpaired) electrons. The average molecular weight is 260 g/mol. The zero-order valence-electron chi connectivity index (χ0n) is 10.6. The van der Waals surface area contributed by atoms with Gasteiger partial charge >= 0.3 is 0 Å². The van der Waals surface area contributed by atoms with Gasteiger partial charge in [0.15, 0.2) is 0 Å². The van der Waals surface area contributed by atoms with E-state index in [9.17, 15) is 0 Å². The van der Waals surface area contributed by atoms with Gasteiger partial charge in [0.2, 0.25) is 0 Å². The Morgan fingerprint density at radius 2 is 1.72 bits per heavy atom. The molecule has 4 saturated carbocycles. The fourth-order valence-corrected chi connectivity index (χ4v) is 6.13. The number of aromatic nitrogens is 1. The fourth-order valence-electron chi connectivity index (χ4n) is 4.70. The first kappa shape index (κ1) is 11.2. The standard InChI is InChI=1S/C15H20N2S/c16-13-1-2-17-14(8-13)18-15-11-4-9-3-10(6-11)7-12(15)5-9/h1-2,8-12,15H,3-7H2,(H2,16,17). The van der Waals surface area contributed by atoms with Gasteiger partial charge in [-0.2, -0.15) is 0 Å². The second-order valence-electron chi connectivity index (χ2n) is 6.44. The summed E-state index contributed by atoms with van der Waals surface area (Å²) in [7, 11) is 0. The molecule has 4 fully saturated rings. The Balaban J connectivity index is 1.55. The van der Waals surface area contributed by atoms with Crippen molar-refractivity contribution in [2.45, 2.75) is 42.4 Å². The highest BCUT2D eigenvalue weighted by molar-refractivity contribution is 7.99. The van der Waals surface area contributed by atoms with Crippen LogP contribution in [0.1, 0.15) is 32.1 Å². The van der Waals surface area contributed by atoms with Crippen molar-refractivity contribution < 1.29 is 0 Å². The Kier molecular flexibility index (Phi) is 2.58. The van der Waals surface area contributed by atoms with E-state index in [1.807, 2.05) is 30.1 Å². The van der Waals surface area contributed by atoms with E-state index < -0.39 is 0 Å². The predicted octanol–water partition coefficient (Wildman–Crippen LogP) is 3.58. The molecule has 4 bridgehead atoms. The minimum atomic E-state index is 0.812. The molecule has 3 heteroatoms. The second-order valence-corrected chi connectivity index (χ2v) is 7.64. The van der Waals surface area contributed by atoms with Crippen molar-refractivity contribution in [3.8, 4) is 0 Å². The molecule has 0 atom stereocenters. The Labute approximate surface area is 113 Å². The molecule has 1 aromatic heterocycles. The molecule has 2 N–H and O–H groups in total. The molecule has 0 aromatic carbocycles. The van der Waals surface area contributed by atoms with Crippen LogP contribution >= 0.6 is 11.8 Å². The first-order valence-corrected chi connectivity index (χ1v) is 8.04. The lowest BCUT2D eigenvalue weighted by molar-refractivity contribution is 0.0267. The van der Waals surface area contributed by atoms with Crippen LogP contribution in [0.25, 0.3) is 0 Å². The third-order valence-electron chi connectivity index (χ3n) is 5.16. The summed E-state index contributed by atoms with van der Waals surface area (Å²) in [6.45, 7) is 0. The van der Waals surface area contributed by atoms with Crippen LogP contribution in [0.5, 0.6) is 0 Å². The molecule has 1 heterocycles. The van der Waals surface area contributed by atoms with E-state index in [0.29, 0.717) is 0 Å². The summed E-state index contributed by atoms with van der Waals surface area (Å²) in [4.78, 5) is 4.47. The maximum atomic E-state index is 5.86. The highest BCUT2D eigenvalue weighted by Crippen LogP contribution is 2.57. The molecule has 0 aliphatic heterocycles. The molecule has 0 saturated heterocycles. The van der Waals surface area contributed by atoms with Gasteiger partial charge in [0.1, 0.15) is 0 Å². The zero-order chi connectivity index (χ0) is 12.1. The van der Waals surface area contributed by atoms with Crippen molar-refractivity contribution in [3.05, 3.63) is 18.3 Å². The normalized spacial score (nSPS) is 41.2. The summed E-state index contributed by atoms with van der Waals surface area (Å²) in [5.41, 5.74) is 6.70. The Morgan fingerprint density at radius 1 is 1.06 bits per heavy atom. The van der Waals surface area contributed by atoms with Crippen LogP contribution in [0.15, 0.2) is 23.4 Å². The number of pyridine rings is 1. The van der Waals surface area contributed by atoms with Gasteiger partial charge in [0.05, 0.1) is 5.03 Å². The average Bonchev–Trinajstić information content (AvgIpc) is 2.33. The van der Waals surface area contributed by atoms with Crippen LogP contribution in [0, 0.1) is 23.7 Å². The minimum absolute atomic E-state index is 0.812. The van der Waals surface area contributed by atoms with Crippen LogP contribution < -0.4 is 5.73 Å². The van der Waals surface area contributed by atoms with Gasteiger partial charge in [0, 0.05) is 17.1 Å². The third kappa shape index (κ3) is 1.83. The van der Waals surface area contributed by atoms with Gasteiger partial charge in [-0.1, -0.05) is 0 Å². The number of nitrogens with two attached hydrogens (primary N) is 1. The van der Waals surface area contributed by atoms with E-state index in [1.165, 1.54) is 32.1 Å². The van der Waals surface area contributed by atoms with Gasteiger partial charge in [-0.25, -0.2) is 4.98 Å². The first-order chi connectivity index (χ1) is 8.78. The van der Waals surface area contributed by atoms with Crippen molar-refractivity contribution in [3.63, 3.8) is 0 Å². The third-order valence-corrected chi connectivity index (χ3v) is 6.66. The van der Waals surface area contributed by atoms with Crippen LogP contribution in [0.4, 0.5) is 5.69 Å². The first-order valence-electron chi connectivity index (χ1n) is 7.16. The number of hydrogen-bond acceptors (Lipinski definition) is 3. The van der Waals surface area contributed by atoms with Gasteiger partial charge in [-0.15, -0.1) is 11.8 Å². The van der Waals surface area contributed by atoms with Crippen LogP contribution in [-0.4, -0.2) is 10.2 Å². The summed E-state index contributed by atoms with van der Waals surface area (Å²) in [5.74, 6) is 4.01. The van der Waals surface area contributed by atoms with E-state index in [4.69, 9.17) is 5.73 Å². The van der Waals surface area contributed by atoms with Gasteiger partial charge in [-0.3, -0.25) is 0 Å². The molecule has 5 rings (SSSR count). The molecule has 18 heavy (non-hydrogen) atoms. The van der Waals surface area contributed by atoms with E-state index >= 15 is 0 Å². The van der Waals surface area contributed by atoms with E-state index in [2.05, 4.69) is 4.98 Å². The van der Waals surface area contributed by atoms with Crippen molar-refractivity contribution in [2.24, 2.45) is 23.7 Å². The smallest absolute Gasteiger partial charge is 0.0983 e. The molecule has 0 unspecified atom stereocenters. The Morgan fingerprint density at radius 3 is 2.33 bits per heavy atom. The van der Waals surface area contributed by atoms with Gasteiger partial charge in [-0.05, 0) is 67.9 Å². The summed E-state index contributed by atoms with van der Waals surface area (Å²) >= 11 is 2.00. The molecule has 4 aliphatic rings. The molecular weight excluding hydrogens is 240 g/mol. The number of anilines is 1. The van der Waals surface area contributed by atoms with Crippen LogP contribution in [-0.2, 0) is 0 Å². The molecule has 0 amide bonds. The van der Waals surface area contributed by atoms with Gasteiger partial charge < -0.3 is 5.73 Å². The Bertz CT molecular complexity index is 432. The fraction of sp³-hybridized carbons (Fsp3) is 0.667. The van der Waals surface area contributed by atoms with E-state index in [1.54, 1.807) is 0 Å². The molecule has 0 spiro atoms. The summed E-state index contributed by atoms with van der Waals surface area (Å²) in [6, 6.07) is 3.91. The van der Waals surface area contributed by atoms with Crippen LogP contribution in [0.3, 0.4) is 0 Å². The topological polar surface area (TPSA) is 38.9 Å². The number of thioether (sulfide) groups is 1. The highest BCUT2D eigenvalue weighted by atomic mass is 32.2. The predicted molar refractivity (Wildman–Crippen MR) is 75.3 cm³/mol. The van der Waals surface area contributed by atoms with Crippen molar-refractivity contribution in [1.29, 1.82) is 0 Å². The van der Waals surface area contributed by atoms with Crippen molar-refractivity contribution in [1.82, 2.24) is 4.98 Å². The molecule has 96 valence electrons. The molecule has 1 aromatic rings. The lowest BCUT2D eigenvalue weighted by atomic mass is 9.56.